The Morgan fingerprint density at radius 2 is 1.68 bits per heavy atom. The zero-order valence-corrected chi connectivity index (χ0v) is 10.7. The van der Waals surface area contributed by atoms with Crippen LogP contribution in [0.25, 0.3) is 32.7 Å². The Bertz CT molecular complexity index is 931. The predicted molar refractivity (Wildman–Crippen MR) is 79.6 cm³/mol. The summed E-state index contributed by atoms with van der Waals surface area (Å²) in [7, 11) is 0. The Hall–Kier alpha value is -2.19. The van der Waals surface area contributed by atoms with Gasteiger partial charge in [0.2, 0.25) is 0 Å². The molecule has 4 aromatic rings. The second-order valence-electron chi connectivity index (χ2n) is 4.50. The van der Waals surface area contributed by atoms with E-state index in [4.69, 9.17) is 11.6 Å². The van der Waals surface area contributed by atoms with Crippen molar-refractivity contribution in [2.45, 2.75) is 0 Å². The highest BCUT2D eigenvalue weighted by atomic mass is 35.5. The van der Waals surface area contributed by atoms with E-state index in [0.29, 0.717) is 5.02 Å². The molecule has 2 aromatic carbocycles. The molecular weight excluding hydrogens is 256 g/mol. The number of nitrogens with zero attached hydrogens (tertiary/aromatic N) is 2. The molecule has 0 bridgehead atoms. The third-order valence-corrected chi connectivity index (χ3v) is 3.67. The number of fused-ring (bicyclic) bond motifs is 4. The van der Waals surface area contributed by atoms with Crippen molar-refractivity contribution in [1.29, 1.82) is 0 Å². The van der Waals surface area contributed by atoms with Crippen LogP contribution in [0.2, 0.25) is 5.02 Å². The minimum Gasteiger partial charge on any atom is -0.256 e. The summed E-state index contributed by atoms with van der Waals surface area (Å²) < 4.78 is 0. The van der Waals surface area contributed by atoms with Crippen LogP contribution < -0.4 is 0 Å². The van der Waals surface area contributed by atoms with E-state index in [1.807, 2.05) is 36.4 Å². The predicted octanol–water partition coefficient (Wildman–Crippen LogP) is 4.59. The smallest absolute Gasteiger partial charge is 0.0724 e. The van der Waals surface area contributed by atoms with E-state index in [2.05, 4.69) is 22.1 Å². The summed E-state index contributed by atoms with van der Waals surface area (Å²) in [6, 6.07) is 16.0. The van der Waals surface area contributed by atoms with E-state index in [0.717, 1.165) is 32.7 Å². The van der Waals surface area contributed by atoms with Crippen molar-refractivity contribution in [2.75, 3.05) is 0 Å². The number of hydrogen-bond donors (Lipinski definition) is 0. The standard InChI is InChI=1S/C16H9ClN2/c17-12-7-8-18-15-6-5-14-11(16(12)15)9-10-3-1-2-4-13(10)19-14/h1-9H. The lowest BCUT2D eigenvalue weighted by Gasteiger charge is -2.06. The summed E-state index contributed by atoms with van der Waals surface area (Å²) >= 11 is 6.32. The molecule has 90 valence electrons. The fourth-order valence-electron chi connectivity index (χ4n) is 2.46. The molecule has 0 radical (unpaired) electrons. The summed E-state index contributed by atoms with van der Waals surface area (Å²) in [6.45, 7) is 0. The van der Waals surface area contributed by atoms with Gasteiger partial charge in [-0.25, -0.2) is 4.98 Å². The van der Waals surface area contributed by atoms with E-state index < -0.39 is 0 Å². The number of benzene rings is 2. The van der Waals surface area contributed by atoms with Crippen LogP contribution in [-0.2, 0) is 0 Å². The molecule has 0 amide bonds. The number of para-hydroxylation sites is 1. The molecule has 0 atom stereocenters. The van der Waals surface area contributed by atoms with E-state index in [-0.39, 0.29) is 0 Å². The lowest BCUT2D eigenvalue weighted by atomic mass is 10.1. The summed E-state index contributed by atoms with van der Waals surface area (Å²) in [5.41, 5.74) is 2.84. The quantitative estimate of drug-likeness (QED) is 0.343. The highest BCUT2D eigenvalue weighted by molar-refractivity contribution is 6.37. The number of rotatable bonds is 0. The lowest BCUT2D eigenvalue weighted by Crippen LogP contribution is -1.86. The molecular formula is C16H9ClN2. The Balaban J connectivity index is 2.29. The molecule has 0 aliphatic heterocycles. The largest absolute Gasteiger partial charge is 0.256 e. The Morgan fingerprint density at radius 1 is 0.842 bits per heavy atom. The van der Waals surface area contributed by atoms with Crippen LogP contribution in [0.3, 0.4) is 0 Å². The van der Waals surface area contributed by atoms with Crippen molar-refractivity contribution in [1.82, 2.24) is 9.97 Å². The molecule has 0 unspecified atom stereocenters. The fourth-order valence-corrected chi connectivity index (χ4v) is 2.72. The summed E-state index contributed by atoms with van der Waals surface area (Å²) in [4.78, 5) is 9.04. The molecule has 0 saturated carbocycles. The van der Waals surface area contributed by atoms with Crippen molar-refractivity contribution in [3.63, 3.8) is 0 Å². The second-order valence-corrected chi connectivity index (χ2v) is 4.91. The molecule has 2 heterocycles. The van der Waals surface area contributed by atoms with Crippen LogP contribution >= 0.6 is 11.6 Å². The van der Waals surface area contributed by atoms with E-state index in [9.17, 15) is 0 Å². The van der Waals surface area contributed by atoms with Crippen LogP contribution in [0.4, 0.5) is 0 Å². The number of aromatic nitrogens is 2. The summed E-state index contributed by atoms with van der Waals surface area (Å²) in [5, 5.41) is 3.85. The van der Waals surface area contributed by atoms with Gasteiger partial charge in [-0.15, -0.1) is 0 Å². The van der Waals surface area contributed by atoms with E-state index >= 15 is 0 Å². The van der Waals surface area contributed by atoms with Crippen molar-refractivity contribution in [3.05, 3.63) is 59.8 Å². The molecule has 0 spiro atoms. The molecule has 2 nitrogen and oxygen atoms in total. The van der Waals surface area contributed by atoms with Gasteiger partial charge in [-0.3, -0.25) is 4.98 Å². The highest BCUT2D eigenvalue weighted by Crippen LogP contribution is 2.30. The molecule has 0 saturated heterocycles. The van der Waals surface area contributed by atoms with Crippen molar-refractivity contribution < 1.29 is 0 Å². The number of hydrogen-bond acceptors (Lipinski definition) is 2. The number of pyridine rings is 2. The first-order valence-electron chi connectivity index (χ1n) is 6.06. The molecule has 0 fully saturated rings. The van der Waals surface area contributed by atoms with Gasteiger partial charge >= 0.3 is 0 Å². The number of halogens is 1. The summed E-state index contributed by atoms with van der Waals surface area (Å²) in [5.74, 6) is 0. The van der Waals surface area contributed by atoms with Crippen LogP contribution in [-0.4, -0.2) is 9.97 Å². The van der Waals surface area contributed by atoms with E-state index in [1.54, 1.807) is 6.20 Å². The van der Waals surface area contributed by atoms with Gasteiger partial charge < -0.3 is 0 Å². The zero-order chi connectivity index (χ0) is 12.8. The third-order valence-electron chi connectivity index (χ3n) is 3.35. The maximum absolute atomic E-state index is 6.32. The van der Waals surface area contributed by atoms with Crippen LogP contribution in [0.1, 0.15) is 0 Å². The molecule has 3 heteroatoms. The minimum absolute atomic E-state index is 0.715. The van der Waals surface area contributed by atoms with Gasteiger partial charge in [-0.05, 0) is 30.3 Å². The molecule has 4 rings (SSSR count). The van der Waals surface area contributed by atoms with Crippen LogP contribution in [0.15, 0.2) is 54.7 Å². The van der Waals surface area contributed by atoms with Crippen molar-refractivity contribution >= 4 is 44.3 Å². The average Bonchev–Trinajstić information content (AvgIpc) is 2.45. The molecule has 0 aliphatic rings. The topological polar surface area (TPSA) is 25.8 Å². The Morgan fingerprint density at radius 3 is 2.63 bits per heavy atom. The van der Waals surface area contributed by atoms with Crippen molar-refractivity contribution in [3.8, 4) is 0 Å². The van der Waals surface area contributed by atoms with Gasteiger partial charge in [0.25, 0.3) is 0 Å². The molecule has 0 aliphatic carbocycles. The first-order chi connectivity index (χ1) is 9.33. The third kappa shape index (κ3) is 1.57. The SMILES string of the molecule is Clc1ccnc2ccc3nc4ccccc4cc3c12. The van der Waals surface area contributed by atoms with Gasteiger partial charge in [0.15, 0.2) is 0 Å². The van der Waals surface area contributed by atoms with Gasteiger partial charge in [0, 0.05) is 22.4 Å². The summed E-state index contributed by atoms with van der Waals surface area (Å²) in [6.07, 6.45) is 1.73. The molecule has 2 aromatic heterocycles. The van der Waals surface area contributed by atoms with Crippen molar-refractivity contribution in [2.24, 2.45) is 0 Å². The first kappa shape index (κ1) is 10.7. The highest BCUT2D eigenvalue weighted by Gasteiger charge is 2.07. The molecule has 19 heavy (non-hydrogen) atoms. The zero-order valence-electron chi connectivity index (χ0n) is 9.97. The molecule has 0 N–H and O–H groups in total. The van der Waals surface area contributed by atoms with Gasteiger partial charge in [-0.1, -0.05) is 29.8 Å². The maximum Gasteiger partial charge on any atom is 0.0724 e. The Kier molecular flexibility index (Phi) is 2.20. The Labute approximate surface area is 114 Å². The second kappa shape index (κ2) is 3.90. The van der Waals surface area contributed by atoms with Crippen LogP contribution in [0.5, 0.6) is 0 Å². The fraction of sp³-hybridized carbons (Fsp3) is 0. The van der Waals surface area contributed by atoms with Gasteiger partial charge in [0.05, 0.1) is 21.6 Å². The van der Waals surface area contributed by atoms with Gasteiger partial charge in [0.1, 0.15) is 0 Å². The minimum atomic E-state index is 0.715. The maximum atomic E-state index is 6.32. The monoisotopic (exact) mass is 264 g/mol. The van der Waals surface area contributed by atoms with Crippen LogP contribution in [0, 0.1) is 0 Å². The normalized spacial score (nSPS) is 11.4. The average molecular weight is 265 g/mol. The van der Waals surface area contributed by atoms with Gasteiger partial charge in [-0.2, -0.15) is 0 Å². The lowest BCUT2D eigenvalue weighted by molar-refractivity contribution is 1.41. The van der Waals surface area contributed by atoms with E-state index in [1.165, 1.54) is 0 Å². The first-order valence-corrected chi connectivity index (χ1v) is 6.43.